The quantitative estimate of drug-likeness (QED) is 0.0261. The Hall–Kier alpha value is -3.15. The van der Waals surface area contributed by atoms with E-state index in [9.17, 15) is 14.4 Å². The minimum atomic E-state index is -0.782. The van der Waals surface area contributed by atoms with Crippen molar-refractivity contribution < 1.29 is 28.6 Å². The maximum Gasteiger partial charge on any atom is 0.306 e. The molecule has 410 valence electrons. The summed E-state index contributed by atoms with van der Waals surface area (Å²) in [6.07, 6.45) is 76.2. The van der Waals surface area contributed by atoms with E-state index < -0.39 is 6.10 Å². The zero-order chi connectivity index (χ0) is 51.4. The van der Waals surface area contributed by atoms with Crippen molar-refractivity contribution in [1.82, 2.24) is 0 Å². The van der Waals surface area contributed by atoms with Crippen LogP contribution in [0.5, 0.6) is 0 Å². The lowest BCUT2D eigenvalue weighted by molar-refractivity contribution is -0.167. The normalized spacial score (nSPS) is 12.5. The van der Waals surface area contributed by atoms with E-state index >= 15 is 0 Å². The molecule has 0 aromatic rings. The third-order valence-corrected chi connectivity index (χ3v) is 13.2. The van der Waals surface area contributed by atoms with Crippen LogP contribution in [0.1, 0.15) is 303 Å². The number of rotatable bonds is 55. The van der Waals surface area contributed by atoms with Crippen molar-refractivity contribution in [2.45, 2.75) is 309 Å². The number of carbonyl (C=O) groups excluding carboxylic acids is 3. The van der Waals surface area contributed by atoms with E-state index in [1.165, 1.54) is 161 Å². The van der Waals surface area contributed by atoms with Crippen LogP contribution < -0.4 is 0 Å². The molecular weight excluding hydrogens is 877 g/mol. The Bertz CT molecular complexity index is 1320. The van der Waals surface area contributed by atoms with Gasteiger partial charge in [-0.25, -0.2) is 0 Å². The van der Waals surface area contributed by atoms with Gasteiger partial charge in [-0.05, 0) is 109 Å². The van der Waals surface area contributed by atoms with Crippen LogP contribution >= 0.6 is 0 Å². The number of carbonyl (C=O) groups is 3. The van der Waals surface area contributed by atoms with Crippen LogP contribution in [-0.4, -0.2) is 37.2 Å². The second-order valence-electron chi connectivity index (χ2n) is 20.2. The van der Waals surface area contributed by atoms with Crippen LogP contribution in [0.2, 0.25) is 0 Å². The first-order valence-corrected chi connectivity index (χ1v) is 30.4. The topological polar surface area (TPSA) is 78.9 Å². The molecule has 1 unspecified atom stereocenters. The molecule has 1 atom stereocenters. The highest BCUT2D eigenvalue weighted by atomic mass is 16.6. The number of hydrogen-bond donors (Lipinski definition) is 0. The van der Waals surface area contributed by atoms with Gasteiger partial charge in [0.15, 0.2) is 6.10 Å². The molecule has 0 rings (SSSR count). The molecule has 71 heavy (non-hydrogen) atoms. The van der Waals surface area contributed by atoms with Gasteiger partial charge < -0.3 is 14.2 Å². The third-order valence-electron chi connectivity index (χ3n) is 13.2. The Kier molecular flexibility index (Phi) is 56.8. The van der Waals surface area contributed by atoms with Gasteiger partial charge in [0.2, 0.25) is 0 Å². The van der Waals surface area contributed by atoms with Gasteiger partial charge in [0.1, 0.15) is 13.2 Å². The summed E-state index contributed by atoms with van der Waals surface area (Å²) in [6, 6.07) is 0. The largest absolute Gasteiger partial charge is 0.462 e. The zero-order valence-electron chi connectivity index (χ0n) is 47.0. The van der Waals surface area contributed by atoms with E-state index in [0.29, 0.717) is 19.3 Å². The molecule has 6 heteroatoms. The number of ether oxygens (including phenoxy) is 3. The van der Waals surface area contributed by atoms with Crippen LogP contribution in [0.15, 0.2) is 72.9 Å². The maximum absolute atomic E-state index is 12.8. The van der Waals surface area contributed by atoms with Crippen molar-refractivity contribution in [3.05, 3.63) is 72.9 Å². The van der Waals surface area contributed by atoms with E-state index in [2.05, 4.69) is 93.7 Å². The van der Waals surface area contributed by atoms with E-state index in [1.807, 2.05) is 0 Å². The number of hydrogen-bond acceptors (Lipinski definition) is 6. The van der Waals surface area contributed by atoms with Gasteiger partial charge in [-0.3, -0.25) is 14.4 Å². The molecule has 0 saturated heterocycles. The van der Waals surface area contributed by atoms with Crippen LogP contribution in [0.3, 0.4) is 0 Å². The van der Waals surface area contributed by atoms with Gasteiger partial charge in [0, 0.05) is 19.3 Å². The fourth-order valence-electron chi connectivity index (χ4n) is 8.60. The van der Waals surface area contributed by atoms with Crippen LogP contribution in [-0.2, 0) is 28.6 Å². The molecule has 0 fully saturated rings. The molecule has 0 aliphatic rings. The van der Waals surface area contributed by atoms with Crippen molar-refractivity contribution in [2.24, 2.45) is 0 Å². The highest BCUT2D eigenvalue weighted by Gasteiger charge is 2.19. The van der Waals surface area contributed by atoms with Crippen molar-refractivity contribution in [2.75, 3.05) is 13.2 Å². The molecule has 6 nitrogen and oxygen atoms in total. The molecular formula is C65H114O6. The molecule has 0 radical (unpaired) electrons. The van der Waals surface area contributed by atoms with Crippen molar-refractivity contribution in [3.8, 4) is 0 Å². The summed E-state index contributed by atoms with van der Waals surface area (Å²) >= 11 is 0. The summed E-state index contributed by atoms with van der Waals surface area (Å²) in [5.74, 6) is -0.888. The molecule has 0 heterocycles. The number of allylic oxidation sites excluding steroid dienone is 12. The summed E-state index contributed by atoms with van der Waals surface area (Å²) < 4.78 is 16.9. The van der Waals surface area contributed by atoms with Gasteiger partial charge in [0.05, 0.1) is 0 Å². The second-order valence-corrected chi connectivity index (χ2v) is 20.2. The fraction of sp³-hybridized carbons (Fsp3) is 0.769. The molecule has 0 bridgehead atoms. The Morgan fingerprint density at radius 1 is 0.296 bits per heavy atom. The van der Waals surface area contributed by atoms with Gasteiger partial charge >= 0.3 is 17.9 Å². The molecule has 0 spiro atoms. The predicted molar refractivity (Wildman–Crippen MR) is 307 cm³/mol. The maximum atomic E-state index is 12.8. The van der Waals surface area contributed by atoms with Gasteiger partial charge in [0.25, 0.3) is 0 Å². The standard InChI is InChI=1S/C65H114O6/c1-4-7-10-13-16-19-22-25-26-27-28-29-30-31-32-33-34-35-36-37-38-41-43-46-49-52-55-58-64(67)70-61-62(71-65(68)59-56-53-50-47-44-40-24-21-18-15-12-9-6-3)60-69-63(66)57-54-51-48-45-42-39-23-20-17-14-11-8-5-2/h7,10,16,19-21,23-26,28-29,62H,4-6,8-9,11-15,17-18,22,27,30-61H2,1-3H3/b10-7-,19-16-,23-20-,24-21-,26-25-,29-28-. The summed E-state index contributed by atoms with van der Waals surface area (Å²) in [6.45, 7) is 6.51. The minimum Gasteiger partial charge on any atom is -0.462 e. The Morgan fingerprint density at radius 3 is 0.873 bits per heavy atom. The molecule has 0 amide bonds. The second kappa shape index (κ2) is 59.4. The minimum absolute atomic E-state index is 0.0795. The lowest BCUT2D eigenvalue weighted by Crippen LogP contribution is -2.30. The van der Waals surface area contributed by atoms with E-state index in [4.69, 9.17) is 14.2 Å². The Labute approximate surface area is 440 Å². The van der Waals surface area contributed by atoms with Crippen molar-refractivity contribution in [3.63, 3.8) is 0 Å². The molecule has 0 aromatic carbocycles. The smallest absolute Gasteiger partial charge is 0.306 e. The summed E-state index contributed by atoms with van der Waals surface area (Å²) in [4.78, 5) is 38.2. The predicted octanol–water partition coefficient (Wildman–Crippen LogP) is 20.5. The van der Waals surface area contributed by atoms with E-state index in [-0.39, 0.29) is 31.1 Å². The molecule has 0 N–H and O–H groups in total. The van der Waals surface area contributed by atoms with E-state index in [0.717, 1.165) is 103 Å². The fourth-order valence-corrected chi connectivity index (χ4v) is 8.60. The summed E-state index contributed by atoms with van der Waals surface area (Å²) in [7, 11) is 0. The third kappa shape index (κ3) is 57.6. The van der Waals surface area contributed by atoms with Crippen LogP contribution in [0, 0.1) is 0 Å². The van der Waals surface area contributed by atoms with Gasteiger partial charge in [-0.1, -0.05) is 248 Å². The zero-order valence-corrected chi connectivity index (χ0v) is 47.0. The molecule has 0 saturated carbocycles. The molecule has 0 aromatic heterocycles. The Morgan fingerprint density at radius 2 is 0.549 bits per heavy atom. The Balaban J connectivity index is 4.22. The van der Waals surface area contributed by atoms with Crippen molar-refractivity contribution in [1.29, 1.82) is 0 Å². The van der Waals surface area contributed by atoms with Crippen LogP contribution in [0.4, 0.5) is 0 Å². The molecule has 0 aliphatic carbocycles. The summed E-state index contributed by atoms with van der Waals surface area (Å²) in [5, 5.41) is 0. The first-order valence-electron chi connectivity index (χ1n) is 30.4. The van der Waals surface area contributed by atoms with Gasteiger partial charge in [-0.15, -0.1) is 0 Å². The monoisotopic (exact) mass is 991 g/mol. The lowest BCUT2D eigenvalue weighted by atomic mass is 10.0. The number of esters is 3. The lowest BCUT2D eigenvalue weighted by Gasteiger charge is -2.18. The highest BCUT2D eigenvalue weighted by Crippen LogP contribution is 2.16. The van der Waals surface area contributed by atoms with Gasteiger partial charge in [-0.2, -0.15) is 0 Å². The summed E-state index contributed by atoms with van der Waals surface area (Å²) in [5.41, 5.74) is 0. The van der Waals surface area contributed by atoms with E-state index in [1.54, 1.807) is 0 Å². The average Bonchev–Trinajstić information content (AvgIpc) is 3.37. The average molecular weight is 992 g/mol. The van der Waals surface area contributed by atoms with Crippen molar-refractivity contribution >= 4 is 17.9 Å². The molecule has 0 aliphatic heterocycles. The van der Waals surface area contributed by atoms with Crippen LogP contribution in [0.25, 0.3) is 0 Å². The first kappa shape index (κ1) is 67.8. The SMILES string of the molecule is CC/C=C\C/C=C\C/C=C\C/C=C\CCCCCCCCCCCCCCCCC(=O)OCC(COC(=O)CCCCCCC/C=C\CCCCCC)OC(=O)CCCCCCC/C=C\CCCCCC. The first-order chi connectivity index (χ1) is 35.0. The number of unbranched alkanes of at least 4 members (excludes halogenated alkanes) is 32. The highest BCUT2D eigenvalue weighted by molar-refractivity contribution is 5.71.